The van der Waals surface area contributed by atoms with Crippen molar-refractivity contribution in [3.05, 3.63) is 87.3 Å². The Morgan fingerprint density at radius 1 is 0.919 bits per heavy atom. The Morgan fingerprint density at radius 2 is 1.62 bits per heavy atom. The number of carbonyl (C=O) groups is 3. The number of carbonyl (C=O) groups excluding carboxylic acids is 3. The Kier molecular flexibility index (Phi) is 5.58. The van der Waals surface area contributed by atoms with E-state index in [9.17, 15) is 19.2 Å². The number of hydrogen-bond acceptors (Lipinski definition) is 6. The highest BCUT2D eigenvalue weighted by molar-refractivity contribution is 8.00. The van der Waals surface area contributed by atoms with Gasteiger partial charge in [-0.15, -0.1) is 0 Å². The predicted molar refractivity (Wildman–Crippen MR) is 146 cm³/mol. The molecule has 2 atom stereocenters. The second-order valence-electron chi connectivity index (χ2n) is 9.78. The molecule has 7 nitrogen and oxygen atoms in total. The zero-order valence-corrected chi connectivity index (χ0v) is 21.8. The number of nitrogens with zero attached hydrogens (tertiary/aromatic N) is 2. The molecule has 2 aliphatic rings. The maximum absolute atomic E-state index is 13.5. The molecular formula is C28H23N3O4S2. The highest BCUT2D eigenvalue weighted by Gasteiger charge is 2.59. The van der Waals surface area contributed by atoms with Crippen LogP contribution in [0.25, 0.3) is 10.8 Å². The smallest absolute Gasteiger partial charge is 0.308 e. The Hall–Kier alpha value is -3.69. The summed E-state index contributed by atoms with van der Waals surface area (Å²) < 4.78 is 1.43. The Bertz CT molecular complexity index is 1640. The molecule has 3 amide bonds. The van der Waals surface area contributed by atoms with Crippen molar-refractivity contribution >= 4 is 63.0 Å². The van der Waals surface area contributed by atoms with Crippen molar-refractivity contribution in [2.75, 3.05) is 10.2 Å². The van der Waals surface area contributed by atoms with E-state index < -0.39 is 16.6 Å². The van der Waals surface area contributed by atoms with Gasteiger partial charge in [-0.25, -0.2) is 4.90 Å². The van der Waals surface area contributed by atoms with E-state index in [1.165, 1.54) is 21.2 Å². The number of benzene rings is 3. The van der Waals surface area contributed by atoms with Gasteiger partial charge in [-0.1, -0.05) is 85.5 Å². The summed E-state index contributed by atoms with van der Waals surface area (Å²) in [7, 11) is 0. The van der Waals surface area contributed by atoms with Gasteiger partial charge >= 0.3 is 4.87 Å². The highest BCUT2D eigenvalue weighted by atomic mass is 32.2. The molecule has 0 bridgehead atoms. The summed E-state index contributed by atoms with van der Waals surface area (Å²) in [6.45, 7) is 3.62. The molecule has 186 valence electrons. The first-order valence-electron chi connectivity index (χ1n) is 11.9. The zero-order valence-electron chi connectivity index (χ0n) is 20.1. The first-order chi connectivity index (χ1) is 17.8. The van der Waals surface area contributed by atoms with Gasteiger partial charge in [0, 0.05) is 16.0 Å². The van der Waals surface area contributed by atoms with Gasteiger partial charge in [0.2, 0.25) is 17.7 Å². The van der Waals surface area contributed by atoms with Crippen LogP contribution in [0.1, 0.15) is 18.7 Å². The molecule has 0 unspecified atom stereocenters. The normalized spacial score (nSPS) is 20.1. The number of aromatic nitrogens is 1. The second kappa shape index (κ2) is 8.71. The fourth-order valence-electron chi connectivity index (χ4n) is 5.21. The largest absolute Gasteiger partial charge is 0.325 e. The molecule has 6 rings (SSSR count). The Balaban J connectivity index is 1.30. The van der Waals surface area contributed by atoms with E-state index in [-0.39, 0.29) is 29.1 Å². The van der Waals surface area contributed by atoms with Gasteiger partial charge in [0.25, 0.3) is 0 Å². The Labute approximate surface area is 221 Å². The third-order valence-corrected chi connectivity index (χ3v) is 9.88. The van der Waals surface area contributed by atoms with Gasteiger partial charge in [0.05, 0.1) is 16.6 Å². The quantitative estimate of drug-likeness (QED) is 0.389. The van der Waals surface area contributed by atoms with Crippen LogP contribution in [0.4, 0.5) is 11.4 Å². The lowest BCUT2D eigenvalue weighted by atomic mass is 9.76. The molecular weight excluding hydrogens is 506 g/mol. The molecule has 0 saturated carbocycles. The van der Waals surface area contributed by atoms with Crippen molar-refractivity contribution in [1.82, 2.24) is 4.57 Å². The summed E-state index contributed by atoms with van der Waals surface area (Å²) in [6.07, 6.45) is 0. The SMILES string of the molecule is CC1(C)c2sc(=O)n(CC(=O)Nc3ccc4ccccc4c3)c2S[C@@H]2C(=O)N(c3ccccc3)C(=O)[C@@H]21. The minimum atomic E-state index is -0.745. The van der Waals surface area contributed by atoms with Crippen molar-refractivity contribution in [2.45, 2.75) is 36.1 Å². The second-order valence-corrected chi connectivity index (χ2v) is 11.9. The third-order valence-electron chi connectivity index (χ3n) is 7.05. The average molecular weight is 530 g/mol. The van der Waals surface area contributed by atoms with Gasteiger partial charge < -0.3 is 5.32 Å². The fourth-order valence-corrected chi connectivity index (χ4v) is 8.25. The van der Waals surface area contributed by atoms with E-state index >= 15 is 0 Å². The van der Waals surface area contributed by atoms with Crippen molar-refractivity contribution in [3.63, 3.8) is 0 Å². The number of imide groups is 1. The minimum absolute atomic E-state index is 0.178. The van der Waals surface area contributed by atoms with Crippen molar-refractivity contribution < 1.29 is 14.4 Å². The van der Waals surface area contributed by atoms with Crippen LogP contribution in [-0.2, 0) is 26.3 Å². The van der Waals surface area contributed by atoms with E-state index in [0.717, 1.165) is 27.0 Å². The first kappa shape index (κ1) is 23.7. The van der Waals surface area contributed by atoms with Gasteiger partial charge in [-0.05, 0) is 35.0 Å². The number of thioether (sulfide) groups is 1. The maximum atomic E-state index is 13.5. The number of fused-ring (bicyclic) bond motifs is 3. The summed E-state index contributed by atoms with van der Waals surface area (Å²) in [5.74, 6) is -1.49. The molecule has 4 aromatic rings. The maximum Gasteiger partial charge on any atom is 0.308 e. The summed E-state index contributed by atoms with van der Waals surface area (Å²) in [4.78, 5) is 54.7. The molecule has 0 radical (unpaired) electrons. The van der Waals surface area contributed by atoms with E-state index in [1.54, 1.807) is 24.3 Å². The lowest BCUT2D eigenvalue weighted by Crippen LogP contribution is -2.41. The molecule has 9 heteroatoms. The lowest BCUT2D eigenvalue weighted by molar-refractivity contribution is -0.123. The van der Waals surface area contributed by atoms with E-state index in [2.05, 4.69) is 5.32 Å². The standard InChI is InChI=1S/C28H23N3O4S2/c1-28(2)21-22(25(34)31(24(21)33)19-10-4-3-5-11-19)36-26-23(28)37-27(35)30(26)15-20(32)29-18-13-12-16-8-6-7-9-17(16)14-18/h3-14,21-22H,15H2,1-2H3,(H,29,32)/t21-,22+/m1/s1. The van der Waals surface area contributed by atoms with Crippen LogP contribution >= 0.6 is 23.1 Å². The molecule has 0 spiro atoms. The average Bonchev–Trinajstić information content (AvgIpc) is 3.33. The first-order valence-corrected chi connectivity index (χ1v) is 13.6. The topological polar surface area (TPSA) is 88.5 Å². The van der Waals surface area contributed by atoms with Crippen LogP contribution in [0.5, 0.6) is 0 Å². The monoisotopic (exact) mass is 529 g/mol. The number of para-hydroxylation sites is 1. The number of thiazole rings is 1. The van der Waals surface area contributed by atoms with Crippen molar-refractivity contribution in [3.8, 4) is 0 Å². The van der Waals surface area contributed by atoms with Gasteiger partial charge in [0.1, 0.15) is 11.8 Å². The number of anilines is 2. The molecule has 1 aromatic heterocycles. The van der Waals surface area contributed by atoms with Crippen LogP contribution in [0.2, 0.25) is 0 Å². The molecule has 1 saturated heterocycles. The van der Waals surface area contributed by atoms with E-state index in [4.69, 9.17) is 0 Å². The molecule has 0 aliphatic carbocycles. The highest BCUT2D eigenvalue weighted by Crippen LogP contribution is 2.54. The van der Waals surface area contributed by atoms with Crippen LogP contribution < -0.4 is 15.1 Å². The van der Waals surface area contributed by atoms with Crippen LogP contribution in [0.3, 0.4) is 0 Å². The lowest BCUT2D eigenvalue weighted by Gasteiger charge is -2.36. The van der Waals surface area contributed by atoms with Gasteiger partial charge in [0.15, 0.2) is 0 Å². The number of rotatable bonds is 4. The van der Waals surface area contributed by atoms with E-state index in [0.29, 0.717) is 16.4 Å². The molecule has 3 aromatic carbocycles. The minimum Gasteiger partial charge on any atom is -0.325 e. The van der Waals surface area contributed by atoms with Gasteiger partial charge in [-0.2, -0.15) is 0 Å². The van der Waals surface area contributed by atoms with Crippen LogP contribution in [-0.4, -0.2) is 27.5 Å². The molecule has 3 heterocycles. The van der Waals surface area contributed by atoms with Gasteiger partial charge in [-0.3, -0.25) is 23.7 Å². The van der Waals surface area contributed by atoms with Crippen LogP contribution in [0, 0.1) is 5.92 Å². The van der Waals surface area contributed by atoms with Crippen molar-refractivity contribution in [2.24, 2.45) is 5.92 Å². The fraction of sp³-hybridized carbons (Fsp3) is 0.214. The molecule has 37 heavy (non-hydrogen) atoms. The summed E-state index contributed by atoms with van der Waals surface area (Å²) >= 11 is 2.27. The van der Waals surface area contributed by atoms with Crippen molar-refractivity contribution in [1.29, 1.82) is 0 Å². The van der Waals surface area contributed by atoms with E-state index in [1.807, 2.05) is 62.4 Å². The predicted octanol–water partition coefficient (Wildman–Crippen LogP) is 4.64. The summed E-state index contributed by atoms with van der Waals surface area (Å²) in [5, 5.41) is 4.87. The number of nitrogens with one attached hydrogen (secondary N) is 1. The molecule has 1 N–H and O–H groups in total. The molecule has 1 fully saturated rings. The summed E-state index contributed by atoms with van der Waals surface area (Å²) in [6, 6.07) is 22.4. The van der Waals surface area contributed by atoms with Crippen LogP contribution in [0.15, 0.2) is 82.6 Å². The Morgan fingerprint density at radius 3 is 2.38 bits per heavy atom. The third kappa shape index (κ3) is 3.81. The molecule has 2 aliphatic heterocycles. The number of hydrogen-bond donors (Lipinski definition) is 1. The number of amides is 3. The zero-order chi connectivity index (χ0) is 25.9. The summed E-state index contributed by atoms with van der Waals surface area (Å²) in [5.41, 5.74) is 0.439.